The van der Waals surface area contributed by atoms with E-state index in [1.807, 2.05) is 12.1 Å². The van der Waals surface area contributed by atoms with Crippen molar-refractivity contribution in [2.45, 2.75) is 44.8 Å². The van der Waals surface area contributed by atoms with Gasteiger partial charge in [0, 0.05) is 55.4 Å². The second-order valence-corrected chi connectivity index (χ2v) is 12.7. The molecule has 3 aliphatic rings. The van der Waals surface area contributed by atoms with Gasteiger partial charge in [-0.15, -0.1) is 0 Å². The number of carbonyl (C=O) groups is 1. The van der Waals surface area contributed by atoms with Gasteiger partial charge < -0.3 is 29.2 Å². The molecule has 0 radical (unpaired) electrons. The standard InChI is InChI=1S/C34H40ClN7O2/c1-5-31(43)42-17-16-41(20-26(42)18-36-3)33-27-14-15-40(30-11-7-9-25-8-6-10-28(35)32(25)30)21-29(27)37-34(38-33)44-22-23(2)39(4)19-24-12-13-24/h5-11,23-24,26H,1,12-22H2,2,4H3/t23-,26+/m1/s1. The Bertz CT molecular complexity index is 1580. The second-order valence-electron chi connectivity index (χ2n) is 12.3. The molecule has 2 atom stereocenters. The molecule has 2 aromatic carbocycles. The number of fused-ring (bicyclic) bond motifs is 2. The number of ether oxygens (including phenoxy) is 1. The van der Waals surface area contributed by atoms with Crippen molar-refractivity contribution >= 4 is 39.8 Å². The summed E-state index contributed by atoms with van der Waals surface area (Å²) >= 11 is 6.71. The van der Waals surface area contributed by atoms with E-state index in [1.54, 1.807) is 4.90 Å². The number of amides is 1. The molecule has 0 spiro atoms. The van der Waals surface area contributed by atoms with Gasteiger partial charge in [0.15, 0.2) is 0 Å². The van der Waals surface area contributed by atoms with Crippen LogP contribution in [-0.4, -0.2) is 90.7 Å². The number of rotatable bonds is 10. The Labute approximate surface area is 264 Å². The van der Waals surface area contributed by atoms with Crippen molar-refractivity contribution in [3.63, 3.8) is 0 Å². The summed E-state index contributed by atoms with van der Waals surface area (Å²) in [4.78, 5) is 34.9. The Kier molecular flexibility index (Phi) is 8.92. The summed E-state index contributed by atoms with van der Waals surface area (Å²) in [5, 5.41) is 2.89. The van der Waals surface area contributed by atoms with Crippen LogP contribution in [-0.2, 0) is 17.8 Å². The van der Waals surface area contributed by atoms with E-state index >= 15 is 0 Å². The molecule has 6 rings (SSSR count). The SMILES string of the molecule is [C-]#[N+]C[C@H]1CN(c2nc(OC[C@@H](C)N(C)CC3CC3)nc3c2CCN(c2cccc4cccc(Cl)c24)C3)CCN1C(=O)C=C. The molecule has 1 aromatic heterocycles. The Morgan fingerprint density at radius 1 is 1.20 bits per heavy atom. The van der Waals surface area contributed by atoms with E-state index in [4.69, 9.17) is 32.9 Å². The number of likely N-dealkylation sites (N-methyl/N-ethyl adjacent to an activating group) is 1. The lowest BCUT2D eigenvalue weighted by atomic mass is 10.0. The first-order chi connectivity index (χ1) is 21.4. The zero-order valence-electron chi connectivity index (χ0n) is 25.6. The number of hydrogen-bond acceptors (Lipinski definition) is 7. The molecule has 1 saturated carbocycles. The average molecular weight is 614 g/mol. The number of hydrogen-bond donors (Lipinski definition) is 0. The van der Waals surface area contributed by atoms with Crippen LogP contribution in [0.1, 0.15) is 31.0 Å². The zero-order chi connectivity index (χ0) is 30.8. The normalized spacial score (nSPS) is 19.1. The molecule has 0 N–H and O–H groups in total. The first-order valence-electron chi connectivity index (χ1n) is 15.5. The van der Waals surface area contributed by atoms with Crippen LogP contribution in [0.25, 0.3) is 15.6 Å². The lowest BCUT2D eigenvalue weighted by molar-refractivity contribution is -0.128. The van der Waals surface area contributed by atoms with E-state index in [0.717, 1.165) is 64.0 Å². The van der Waals surface area contributed by atoms with Gasteiger partial charge in [0.25, 0.3) is 0 Å². The molecule has 0 unspecified atom stereocenters. The van der Waals surface area contributed by atoms with Crippen LogP contribution in [0.4, 0.5) is 11.5 Å². The zero-order valence-corrected chi connectivity index (χ0v) is 26.3. The second kappa shape index (κ2) is 13.0. The summed E-state index contributed by atoms with van der Waals surface area (Å²) in [6, 6.07) is 12.7. The first kappa shape index (κ1) is 30.2. The fraction of sp³-hybridized carbons (Fsp3) is 0.471. The van der Waals surface area contributed by atoms with Crippen molar-refractivity contribution in [2.24, 2.45) is 5.92 Å². The molecule has 3 heterocycles. The Morgan fingerprint density at radius 3 is 2.75 bits per heavy atom. The van der Waals surface area contributed by atoms with Gasteiger partial charge >= 0.3 is 6.01 Å². The summed E-state index contributed by atoms with van der Waals surface area (Å²) in [6.07, 6.45) is 4.72. The molecule has 230 valence electrons. The Balaban J connectivity index is 1.31. The van der Waals surface area contributed by atoms with E-state index < -0.39 is 0 Å². The third-order valence-corrected chi connectivity index (χ3v) is 9.50. The minimum atomic E-state index is -0.240. The number of piperazine rings is 1. The van der Waals surface area contributed by atoms with Gasteiger partial charge in [0.2, 0.25) is 12.5 Å². The van der Waals surface area contributed by atoms with Crippen molar-refractivity contribution in [1.29, 1.82) is 0 Å². The van der Waals surface area contributed by atoms with Gasteiger partial charge in [0.05, 0.1) is 17.3 Å². The minimum Gasteiger partial charge on any atom is -0.462 e. The molecule has 44 heavy (non-hydrogen) atoms. The number of nitrogens with zero attached hydrogens (tertiary/aromatic N) is 7. The quantitative estimate of drug-likeness (QED) is 0.233. The van der Waals surface area contributed by atoms with Crippen molar-refractivity contribution in [3.05, 3.63) is 76.8 Å². The highest BCUT2D eigenvalue weighted by Gasteiger charge is 2.35. The molecule has 2 fully saturated rings. The molecule has 1 saturated heterocycles. The molecule has 0 bridgehead atoms. The molecule has 3 aromatic rings. The van der Waals surface area contributed by atoms with E-state index in [1.165, 1.54) is 18.9 Å². The maximum atomic E-state index is 12.6. The molecule has 10 heteroatoms. The average Bonchev–Trinajstić information content (AvgIpc) is 3.86. The minimum absolute atomic E-state index is 0.138. The number of halogens is 1. The highest BCUT2D eigenvalue weighted by molar-refractivity contribution is 6.36. The molecule has 2 aliphatic heterocycles. The fourth-order valence-electron chi connectivity index (χ4n) is 6.39. The smallest absolute Gasteiger partial charge is 0.318 e. The van der Waals surface area contributed by atoms with E-state index in [0.29, 0.717) is 38.8 Å². The predicted molar refractivity (Wildman–Crippen MR) is 175 cm³/mol. The summed E-state index contributed by atoms with van der Waals surface area (Å²) < 4.78 is 6.31. The fourth-order valence-corrected chi connectivity index (χ4v) is 6.67. The summed E-state index contributed by atoms with van der Waals surface area (Å²) in [5.41, 5.74) is 3.12. The van der Waals surface area contributed by atoms with Gasteiger partial charge in [0.1, 0.15) is 18.5 Å². The van der Waals surface area contributed by atoms with Crippen LogP contribution in [0.3, 0.4) is 0 Å². The van der Waals surface area contributed by atoms with Gasteiger partial charge in [-0.1, -0.05) is 42.4 Å². The van der Waals surface area contributed by atoms with Gasteiger partial charge in [-0.2, -0.15) is 9.97 Å². The van der Waals surface area contributed by atoms with Gasteiger partial charge in [-0.3, -0.25) is 4.79 Å². The summed E-state index contributed by atoms with van der Waals surface area (Å²) in [7, 11) is 2.15. The number of carbonyl (C=O) groups excluding carboxylic acids is 1. The number of aromatic nitrogens is 2. The maximum absolute atomic E-state index is 12.6. The summed E-state index contributed by atoms with van der Waals surface area (Å²) in [5.74, 6) is 1.51. The highest BCUT2D eigenvalue weighted by atomic mass is 35.5. The van der Waals surface area contributed by atoms with E-state index in [-0.39, 0.29) is 24.5 Å². The molecule has 1 amide bonds. The third kappa shape index (κ3) is 6.33. The lowest BCUT2D eigenvalue weighted by Crippen LogP contribution is -2.56. The lowest BCUT2D eigenvalue weighted by Gasteiger charge is -2.41. The number of benzene rings is 2. The van der Waals surface area contributed by atoms with Crippen LogP contribution in [0, 0.1) is 12.5 Å². The van der Waals surface area contributed by atoms with Crippen LogP contribution in [0.15, 0.2) is 49.1 Å². The maximum Gasteiger partial charge on any atom is 0.318 e. The van der Waals surface area contributed by atoms with E-state index in [2.05, 4.69) is 64.4 Å². The van der Waals surface area contributed by atoms with Crippen molar-refractivity contribution in [3.8, 4) is 6.01 Å². The largest absolute Gasteiger partial charge is 0.462 e. The van der Waals surface area contributed by atoms with Crippen molar-refractivity contribution in [1.82, 2.24) is 19.8 Å². The van der Waals surface area contributed by atoms with Gasteiger partial charge in [-0.05, 0) is 62.7 Å². The highest BCUT2D eigenvalue weighted by Crippen LogP contribution is 2.37. The Hall–Kier alpha value is -3.87. The predicted octanol–water partition coefficient (Wildman–Crippen LogP) is 5.08. The number of anilines is 2. The third-order valence-electron chi connectivity index (χ3n) is 9.19. The topological polar surface area (TPSA) is 69.4 Å². The molecular weight excluding hydrogens is 574 g/mol. The Morgan fingerprint density at radius 2 is 2.00 bits per heavy atom. The van der Waals surface area contributed by atoms with Gasteiger partial charge in [-0.25, -0.2) is 6.57 Å². The van der Waals surface area contributed by atoms with E-state index in [9.17, 15) is 4.79 Å². The van der Waals surface area contributed by atoms with Crippen LogP contribution < -0.4 is 14.5 Å². The molecule has 1 aliphatic carbocycles. The summed E-state index contributed by atoms with van der Waals surface area (Å²) in [6.45, 7) is 18.2. The monoisotopic (exact) mass is 613 g/mol. The van der Waals surface area contributed by atoms with Crippen molar-refractivity contribution in [2.75, 3.05) is 62.7 Å². The molecular formula is C34H40ClN7O2. The van der Waals surface area contributed by atoms with Crippen LogP contribution >= 0.6 is 11.6 Å². The van der Waals surface area contributed by atoms with Crippen LogP contribution in [0.2, 0.25) is 5.02 Å². The first-order valence-corrected chi connectivity index (χ1v) is 15.9. The van der Waals surface area contributed by atoms with Crippen molar-refractivity contribution < 1.29 is 9.53 Å². The molecule has 9 nitrogen and oxygen atoms in total. The van der Waals surface area contributed by atoms with Crippen LogP contribution in [0.5, 0.6) is 6.01 Å².